The molecule has 5 heteroatoms. The van der Waals surface area contributed by atoms with Crippen molar-refractivity contribution < 1.29 is 14.7 Å². The molecule has 3 rings (SSSR count). The number of hydrogen-bond acceptors (Lipinski definition) is 2. The average molecular weight is 348 g/mol. The lowest BCUT2D eigenvalue weighted by Crippen LogP contribution is -2.37. The molecule has 2 bridgehead atoms. The van der Waals surface area contributed by atoms with Gasteiger partial charge in [0.25, 0.3) is 0 Å². The zero-order valence-electron chi connectivity index (χ0n) is 14.1. The Balaban J connectivity index is 1.89. The molecule has 0 aliphatic heterocycles. The van der Waals surface area contributed by atoms with E-state index in [1.54, 1.807) is 12.1 Å². The topological polar surface area (TPSA) is 66.4 Å². The van der Waals surface area contributed by atoms with E-state index in [4.69, 9.17) is 11.6 Å². The molecule has 1 amide bonds. The number of carboxylic acids is 1. The normalized spacial score (nSPS) is 28.1. The molecule has 2 fully saturated rings. The molecule has 2 N–H and O–H groups in total. The van der Waals surface area contributed by atoms with Gasteiger partial charge in [-0.25, -0.2) is 0 Å². The van der Waals surface area contributed by atoms with Crippen LogP contribution in [0.1, 0.15) is 32.3 Å². The van der Waals surface area contributed by atoms with Crippen LogP contribution in [0.5, 0.6) is 0 Å². The zero-order chi connectivity index (χ0) is 17.6. The molecule has 0 aromatic heterocycles. The molecule has 2 aliphatic rings. The number of carbonyl (C=O) groups is 2. The highest BCUT2D eigenvalue weighted by atomic mass is 35.5. The molecule has 2 saturated carbocycles. The fourth-order valence-corrected chi connectivity index (χ4v) is 4.68. The van der Waals surface area contributed by atoms with Crippen LogP contribution in [-0.4, -0.2) is 17.0 Å². The number of nitrogens with one attached hydrogen (secondary N) is 1. The number of anilines is 1. The van der Waals surface area contributed by atoms with Crippen LogP contribution in [0.15, 0.2) is 29.3 Å². The summed E-state index contributed by atoms with van der Waals surface area (Å²) in [4.78, 5) is 24.6. The molecule has 128 valence electrons. The molecule has 1 aromatic carbocycles. The highest BCUT2D eigenvalue weighted by molar-refractivity contribution is 6.31. The quantitative estimate of drug-likeness (QED) is 0.802. The zero-order valence-corrected chi connectivity index (χ0v) is 14.9. The summed E-state index contributed by atoms with van der Waals surface area (Å²) in [6.07, 6.45) is 1.75. The Morgan fingerprint density at radius 3 is 2.33 bits per heavy atom. The van der Waals surface area contributed by atoms with Gasteiger partial charge in [0.05, 0.1) is 11.8 Å². The van der Waals surface area contributed by atoms with Crippen LogP contribution < -0.4 is 5.32 Å². The van der Waals surface area contributed by atoms with Crippen LogP contribution in [0.25, 0.3) is 0 Å². The van der Waals surface area contributed by atoms with Crippen molar-refractivity contribution in [3.05, 3.63) is 39.9 Å². The Bertz CT molecular complexity index is 736. The Labute approximate surface area is 146 Å². The lowest BCUT2D eigenvalue weighted by atomic mass is 9.78. The molecular formula is C19H22ClNO3. The largest absolute Gasteiger partial charge is 0.481 e. The first-order valence-electron chi connectivity index (χ1n) is 8.28. The fraction of sp³-hybridized carbons (Fsp3) is 0.474. The maximum Gasteiger partial charge on any atom is 0.307 e. The lowest BCUT2D eigenvalue weighted by Gasteiger charge is -2.26. The lowest BCUT2D eigenvalue weighted by molar-refractivity contribution is -0.148. The summed E-state index contributed by atoms with van der Waals surface area (Å²) in [5.74, 6) is -2.19. The van der Waals surface area contributed by atoms with Crippen molar-refractivity contribution in [2.24, 2.45) is 23.7 Å². The first kappa shape index (κ1) is 17.0. The fourth-order valence-electron chi connectivity index (χ4n) is 4.50. The first-order chi connectivity index (χ1) is 11.3. The maximum absolute atomic E-state index is 12.8. The predicted molar refractivity (Wildman–Crippen MR) is 94.0 cm³/mol. The second-order valence-electron chi connectivity index (χ2n) is 7.09. The molecule has 4 nitrogen and oxygen atoms in total. The number of aliphatic carboxylic acids is 1. The van der Waals surface area contributed by atoms with Crippen LogP contribution in [0.4, 0.5) is 5.69 Å². The first-order valence-corrected chi connectivity index (χ1v) is 8.66. The van der Waals surface area contributed by atoms with E-state index < -0.39 is 17.8 Å². The summed E-state index contributed by atoms with van der Waals surface area (Å²) in [5.41, 5.74) is 3.89. The van der Waals surface area contributed by atoms with Gasteiger partial charge in [-0.15, -0.1) is 0 Å². The second-order valence-corrected chi connectivity index (χ2v) is 7.50. The Morgan fingerprint density at radius 2 is 1.79 bits per heavy atom. The summed E-state index contributed by atoms with van der Waals surface area (Å²) in [5, 5.41) is 13.1. The predicted octanol–water partition coefficient (Wildman–Crippen LogP) is 4.28. The SMILES string of the molecule is CC(C)=C1[C@H]2CC[C@@H]1[C@H](C(=O)Nc1ccc(C)c(Cl)c1)[C@@H]2C(=O)O. The molecule has 24 heavy (non-hydrogen) atoms. The van der Waals surface area contributed by atoms with Crippen LogP contribution in [0.3, 0.4) is 0 Å². The van der Waals surface area contributed by atoms with Crippen LogP contribution >= 0.6 is 11.6 Å². The van der Waals surface area contributed by atoms with E-state index in [1.807, 2.05) is 26.8 Å². The number of carboxylic acid groups (broad SMARTS) is 1. The van der Waals surface area contributed by atoms with Crippen molar-refractivity contribution in [2.75, 3.05) is 5.32 Å². The number of hydrogen-bond donors (Lipinski definition) is 2. The highest BCUT2D eigenvalue weighted by Crippen LogP contribution is 2.57. The molecule has 0 saturated heterocycles. The van der Waals surface area contributed by atoms with Gasteiger partial charge in [-0.3, -0.25) is 9.59 Å². The number of rotatable bonds is 3. The van der Waals surface area contributed by atoms with Crippen LogP contribution in [-0.2, 0) is 9.59 Å². The maximum atomic E-state index is 12.8. The third-order valence-electron chi connectivity index (χ3n) is 5.45. The molecule has 0 heterocycles. The average Bonchev–Trinajstić information content (AvgIpc) is 3.06. The highest BCUT2D eigenvalue weighted by Gasteiger charge is 2.57. The van der Waals surface area contributed by atoms with Gasteiger partial charge in [0.1, 0.15) is 0 Å². The van der Waals surface area contributed by atoms with Gasteiger partial charge < -0.3 is 10.4 Å². The summed E-state index contributed by atoms with van der Waals surface area (Å²) < 4.78 is 0. The number of fused-ring (bicyclic) bond motifs is 2. The summed E-state index contributed by atoms with van der Waals surface area (Å²) in [6, 6.07) is 5.35. The van der Waals surface area contributed by atoms with Crippen molar-refractivity contribution in [1.29, 1.82) is 0 Å². The number of carbonyl (C=O) groups excluding carboxylic acids is 1. The number of halogens is 1. The standard InChI is InChI=1S/C19H22ClNO3/c1-9(2)15-12-6-7-13(15)17(19(23)24)16(12)18(22)21-11-5-4-10(3)14(20)8-11/h4-5,8,12-13,16-17H,6-7H2,1-3H3,(H,21,22)(H,23,24)/t12-,13+,16-,17+/m0/s1. The number of aryl methyl sites for hydroxylation is 1. The third-order valence-corrected chi connectivity index (χ3v) is 5.85. The Morgan fingerprint density at radius 1 is 1.17 bits per heavy atom. The minimum absolute atomic E-state index is 0.00476. The molecule has 1 aromatic rings. The number of benzene rings is 1. The van der Waals surface area contributed by atoms with Crippen molar-refractivity contribution >= 4 is 29.2 Å². The van der Waals surface area contributed by atoms with E-state index in [2.05, 4.69) is 5.32 Å². The molecule has 0 spiro atoms. The monoisotopic (exact) mass is 347 g/mol. The number of amides is 1. The minimum atomic E-state index is -0.872. The van der Waals surface area contributed by atoms with Gasteiger partial charge in [0, 0.05) is 10.7 Å². The molecule has 2 aliphatic carbocycles. The van der Waals surface area contributed by atoms with Crippen molar-refractivity contribution in [2.45, 2.75) is 33.6 Å². The Kier molecular flexibility index (Phi) is 4.43. The molecule has 0 radical (unpaired) electrons. The van der Waals surface area contributed by atoms with E-state index in [0.29, 0.717) is 10.7 Å². The minimum Gasteiger partial charge on any atom is -0.481 e. The van der Waals surface area contributed by atoms with Crippen molar-refractivity contribution in [1.82, 2.24) is 0 Å². The van der Waals surface area contributed by atoms with Crippen molar-refractivity contribution in [3.63, 3.8) is 0 Å². The van der Waals surface area contributed by atoms with E-state index in [9.17, 15) is 14.7 Å². The van der Waals surface area contributed by atoms with Crippen LogP contribution in [0.2, 0.25) is 5.02 Å². The summed E-state index contributed by atoms with van der Waals surface area (Å²) in [6.45, 7) is 5.92. The van der Waals surface area contributed by atoms with Gasteiger partial charge in [0.2, 0.25) is 5.91 Å². The third kappa shape index (κ3) is 2.73. The van der Waals surface area contributed by atoms with E-state index in [0.717, 1.165) is 24.0 Å². The smallest absolute Gasteiger partial charge is 0.307 e. The van der Waals surface area contributed by atoms with Crippen molar-refractivity contribution in [3.8, 4) is 0 Å². The van der Waals surface area contributed by atoms with Gasteiger partial charge in [-0.1, -0.05) is 28.8 Å². The van der Waals surface area contributed by atoms with E-state index in [1.165, 1.54) is 5.57 Å². The summed E-state index contributed by atoms with van der Waals surface area (Å²) in [7, 11) is 0. The molecular weight excluding hydrogens is 326 g/mol. The summed E-state index contributed by atoms with van der Waals surface area (Å²) >= 11 is 6.11. The molecule has 0 unspecified atom stereocenters. The van der Waals surface area contributed by atoms with Crippen LogP contribution in [0, 0.1) is 30.6 Å². The van der Waals surface area contributed by atoms with Gasteiger partial charge in [-0.2, -0.15) is 0 Å². The van der Waals surface area contributed by atoms with E-state index in [-0.39, 0.29) is 17.7 Å². The number of allylic oxidation sites excluding steroid dienone is 2. The Hall–Kier alpha value is -1.81. The second kappa shape index (κ2) is 6.25. The van der Waals surface area contributed by atoms with Gasteiger partial charge in [-0.05, 0) is 63.1 Å². The van der Waals surface area contributed by atoms with E-state index >= 15 is 0 Å². The molecule has 4 atom stereocenters. The van der Waals surface area contributed by atoms with Gasteiger partial charge in [0.15, 0.2) is 0 Å². The van der Waals surface area contributed by atoms with Gasteiger partial charge >= 0.3 is 5.97 Å².